The third kappa shape index (κ3) is 4.67. The minimum atomic E-state index is 0.611. The minimum absolute atomic E-state index is 0.611. The predicted octanol–water partition coefficient (Wildman–Crippen LogP) is 3.93. The molecule has 6 heteroatoms. The van der Waals surface area contributed by atoms with Crippen molar-refractivity contribution in [1.29, 1.82) is 0 Å². The van der Waals surface area contributed by atoms with Crippen molar-refractivity contribution in [3.8, 4) is 5.75 Å². The zero-order valence-electron chi connectivity index (χ0n) is 14.4. The molecule has 0 saturated heterocycles. The summed E-state index contributed by atoms with van der Waals surface area (Å²) in [5.74, 6) is 2.96. The Morgan fingerprint density at radius 1 is 1.04 bits per heavy atom. The Labute approximate surface area is 147 Å². The molecule has 0 unspecified atom stereocenters. The number of pyridine rings is 1. The highest BCUT2D eigenvalue weighted by atomic mass is 16.5. The van der Waals surface area contributed by atoms with Crippen LogP contribution < -0.4 is 15.4 Å². The molecule has 0 aliphatic carbocycles. The monoisotopic (exact) mass is 335 g/mol. The number of anilines is 3. The lowest BCUT2D eigenvalue weighted by Crippen LogP contribution is -2.06. The number of aryl methyl sites for hydroxylation is 1. The first-order valence-corrected chi connectivity index (χ1v) is 8.22. The first kappa shape index (κ1) is 16.7. The molecule has 0 amide bonds. The number of rotatable bonds is 7. The maximum Gasteiger partial charge on any atom is 0.142 e. The van der Waals surface area contributed by atoms with E-state index in [-0.39, 0.29) is 0 Å². The molecule has 3 rings (SSSR count). The summed E-state index contributed by atoms with van der Waals surface area (Å²) in [6.07, 6.45) is 3.59. The summed E-state index contributed by atoms with van der Waals surface area (Å²) in [4.78, 5) is 13.0. The van der Waals surface area contributed by atoms with E-state index < -0.39 is 0 Å². The van der Waals surface area contributed by atoms with Gasteiger partial charge in [0.25, 0.3) is 0 Å². The molecule has 0 fully saturated rings. The van der Waals surface area contributed by atoms with E-state index in [0.29, 0.717) is 24.8 Å². The van der Waals surface area contributed by atoms with Crippen LogP contribution in [-0.2, 0) is 6.54 Å². The van der Waals surface area contributed by atoms with Crippen LogP contribution in [0.25, 0.3) is 0 Å². The quantitative estimate of drug-likeness (QED) is 0.681. The van der Waals surface area contributed by atoms with Gasteiger partial charge in [-0.05, 0) is 37.6 Å². The zero-order chi connectivity index (χ0) is 17.5. The van der Waals surface area contributed by atoms with E-state index in [9.17, 15) is 0 Å². The number of benzene rings is 1. The Kier molecular flexibility index (Phi) is 5.41. The summed E-state index contributed by atoms with van der Waals surface area (Å²) in [7, 11) is 0. The second-order valence-corrected chi connectivity index (χ2v) is 5.45. The van der Waals surface area contributed by atoms with Crippen LogP contribution in [0.5, 0.6) is 5.75 Å². The SMILES string of the molecule is CCOc1ccccc1Nc1cc(NCc2cccnc2)nc(C)n1. The van der Waals surface area contributed by atoms with Crippen molar-refractivity contribution in [3.63, 3.8) is 0 Å². The molecule has 2 heterocycles. The van der Waals surface area contributed by atoms with E-state index in [1.807, 2.05) is 62.5 Å². The average molecular weight is 335 g/mol. The van der Waals surface area contributed by atoms with Crippen LogP contribution in [-0.4, -0.2) is 21.6 Å². The van der Waals surface area contributed by atoms with Gasteiger partial charge >= 0.3 is 0 Å². The predicted molar refractivity (Wildman–Crippen MR) is 99.2 cm³/mol. The normalized spacial score (nSPS) is 10.3. The van der Waals surface area contributed by atoms with Gasteiger partial charge < -0.3 is 15.4 Å². The molecule has 0 aliphatic rings. The number of ether oxygens (including phenoxy) is 1. The lowest BCUT2D eigenvalue weighted by Gasteiger charge is -2.13. The smallest absolute Gasteiger partial charge is 0.142 e. The number of para-hydroxylation sites is 2. The first-order chi connectivity index (χ1) is 12.2. The summed E-state index contributed by atoms with van der Waals surface area (Å²) < 4.78 is 5.65. The highest BCUT2D eigenvalue weighted by Gasteiger charge is 2.06. The van der Waals surface area contributed by atoms with Gasteiger partial charge in [0.15, 0.2) is 0 Å². The summed E-state index contributed by atoms with van der Waals surface area (Å²) in [5, 5.41) is 6.61. The molecule has 128 valence electrons. The molecule has 6 nitrogen and oxygen atoms in total. The van der Waals surface area contributed by atoms with Crippen molar-refractivity contribution in [2.45, 2.75) is 20.4 Å². The van der Waals surface area contributed by atoms with E-state index in [1.54, 1.807) is 6.20 Å². The molecule has 0 atom stereocenters. The van der Waals surface area contributed by atoms with Gasteiger partial charge in [-0.25, -0.2) is 9.97 Å². The number of nitrogens with zero attached hydrogens (tertiary/aromatic N) is 3. The van der Waals surface area contributed by atoms with Gasteiger partial charge in [-0.2, -0.15) is 0 Å². The number of hydrogen-bond donors (Lipinski definition) is 2. The maximum absolute atomic E-state index is 5.65. The fraction of sp³-hybridized carbons (Fsp3) is 0.211. The third-order valence-corrected chi connectivity index (χ3v) is 3.48. The molecular formula is C19H21N5O. The van der Waals surface area contributed by atoms with Gasteiger partial charge in [-0.15, -0.1) is 0 Å². The number of hydrogen-bond acceptors (Lipinski definition) is 6. The Morgan fingerprint density at radius 2 is 1.88 bits per heavy atom. The molecule has 2 N–H and O–H groups in total. The molecule has 0 aliphatic heterocycles. The van der Waals surface area contributed by atoms with Gasteiger partial charge in [0.2, 0.25) is 0 Å². The Balaban J connectivity index is 1.75. The second-order valence-electron chi connectivity index (χ2n) is 5.45. The van der Waals surface area contributed by atoms with Crippen LogP contribution >= 0.6 is 0 Å². The van der Waals surface area contributed by atoms with E-state index >= 15 is 0 Å². The summed E-state index contributed by atoms with van der Waals surface area (Å²) in [5.41, 5.74) is 1.97. The van der Waals surface area contributed by atoms with Gasteiger partial charge in [-0.1, -0.05) is 18.2 Å². The van der Waals surface area contributed by atoms with E-state index in [2.05, 4.69) is 25.6 Å². The summed E-state index contributed by atoms with van der Waals surface area (Å²) in [6, 6.07) is 13.6. The molecule has 25 heavy (non-hydrogen) atoms. The van der Waals surface area contributed by atoms with Crippen LogP contribution in [0.4, 0.5) is 17.3 Å². The molecule has 0 spiro atoms. The maximum atomic E-state index is 5.65. The van der Waals surface area contributed by atoms with Crippen LogP contribution in [0.3, 0.4) is 0 Å². The lowest BCUT2D eigenvalue weighted by atomic mass is 10.3. The van der Waals surface area contributed by atoms with Crippen molar-refractivity contribution in [2.75, 3.05) is 17.2 Å². The Hall–Kier alpha value is -3.15. The molecular weight excluding hydrogens is 314 g/mol. The molecule has 0 saturated carbocycles. The summed E-state index contributed by atoms with van der Waals surface area (Å²) in [6.45, 7) is 5.10. The lowest BCUT2D eigenvalue weighted by molar-refractivity contribution is 0.342. The van der Waals surface area contributed by atoms with Crippen molar-refractivity contribution in [1.82, 2.24) is 15.0 Å². The van der Waals surface area contributed by atoms with E-state index in [1.165, 1.54) is 0 Å². The zero-order valence-corrected chi connectivity index (χ0v) is 14.4. The van der Waals surface area contributed by atoms with Gasteiger partial charge in [0.1, 0.15) is 23.2 Å². The highest BCUT2D eigenvalue weighted by Crippen LogP contribution is 2.27. The largest absolute Gasteiger partial charge is 0.492 e. The molecule has 0 radical (unpaired) electrons. The average Bonchev–Trinajstić information content (AvgIpc) is 2.62. The molecule has 0 bridgehead atoms. The fourth-order valence-electron chi connectivity index (χ4n) is 2.41. The fourth-order valence-corrected chi connectivity index (χ4v) is 2.41. The molecule has 3 aromatic rings. The minimum Gasteiger partial charge on any atom is -0.492 e. The van der Waals surface area contributed by atoms with Gasteiger partial charge in [0.05, 0.1) is 12.3 Å². The Morgan fingerprint density at radius 3 is 2.68 bits per heavy atom. The van der Waals surface area contributed by atoms with Crippen LogP contribution in [0.15, 0.2) is 54.9 Å². The second kappa shape index (κ2) is 8.10. The van der Waals surface area contributed by atoms with E-state index in [4.69, 9.17) is 4.74 Å². The van der Waals surface area contributed by atoms with Crippen LogP contribution in [0, 0.1) is 6.92 Å². The first-order valence-electron chi connectivity index (χ1n) is 8.22. The van der Waals surface area contributed by atoms with Crippen molar-refractivity contribution < 1.29 is 4.74 Å². The Bertz CT molecular complexity index is 823. The van der Waals surface area contributed by atoms with Crippen LogP contribution in [0.2, 0.25) is 0 Å². The number of nitrogens with one attached hydrogen (secondary N) is 2. The summed E-state index contributed by atoms with van der Waals surface area (Å²) >= 11 is 0. The third-order valence-electron chi connectivity index (χ3n) is 3.48. The van der Waals surface area contributed by atoms with Gasteiger partial charge in [-0.3, -0.25) is 4.98 Å². The van der Waals surface area contributed by atoms with Crippen molar-refractivity contribution in [2.24, 2.45) is 0 Å². The van der Waals surface area contributed by atoms with Crippen LogP contribution in [0.1, 0.15) is 18.3 Å². The number of aromatic nitrogens is 3. The standard InChI is InChI=1S/C19H21N5O/c1-3-25-17-9-5-4-8-16(17)24-19-11-18(22-14(2)23-19)21-13-15-7-6-10-20-12-15/h4-12H,3,13H2,1-2H3,(H2,21,22,23,24). The topological polar surface area (TPSA) is 72.0 Å². The molecule has 2 aromatic heterocycles. The van der Waals surface area contributed by atoms with E-state index in [0.717, 1.165) is 22.8 Å². The van der Waals surface area contributed by atoms with Crippen molar-refractivity contribution >= 4 is 17.3 Å². The molecule has 1 aromatic carbocycles. The highest BCUT2D eigenvalue weighted by molar-refractivity contribution is 5.65. The van der Waals surface area contributed by atoms with Crippen molar-refractivity contribution in [3.05, 3.63) is 66.2 Å². The van der Waals surface area contributed by atoms with Gasteiger partial charge in [0, 0.05) is 25.0 Å².